The number of aromatic nitrogens is 2. The van der Waals surface area contributed by atoms with Gasteiger partial charge >= 0.3 is 6.18 Å². The minimum atomic E-state index is -4.62. The lowest BCUT2D eigenvalue weighted by atomic mass is 10.1. The van der Waals surface area contributed by atoms with Gasteiger partial charge in [0.05, 0.1) is 6.10 Å². The number of aliphatic hydroxyl groups excluding tert-OH is 1. The van der Waals surface area contributed by atoms with Crippen molar-refractivity contribution >= 4 is 17.4 Å². The van der Waals surface area contributed by atoms with Crippen molar-refractivity contribution in [3.63, 3.8) is 0 Å². The molecule has 2 rings (SSSR count). The standard InChI is InChI=1S/C11H13ClF3N3O/c12-8-4-9(18-10(17-8)11(13,14)15)16-5-6-1-2-7(19)3-6/h4,6-7,19H,1-3,5H2,(H,16,17,18). The number of aliphatic hydroxyl groups is 1. The summed E-state index contributed by atoms with van der Waals surface area (Å²) in [5, 5.41) is 11.9. The first kappa shape index (κ1) is 14.3. The van der Waals surface area contributed by atoms with Crippen LogP contribution in [-0.4, -0.2) is 27.7 Å². The van der Waals surface area contributed by atoms with E-state index >= 15 is 0 Å². The zero-order valence-corrected chi connectivity index (χ0v) is 10.7. The van der Waals surface area contributed by atoms with Crippen LogP contribution in [0.2, 0.25) is 5.15 Å². The summed E-state index contributed by atoms with van der Waals surface area (Å²) in [7, 11) is 0. The zero-order valence-electron chi connectivity index (χ0n) is 9.91. The Morgan fingerprint density at radius 1 is 1.37 bits per heavy atom. The van der Waals surface area contributed by atoms with E-state index in [0.717, 1.165) is 12.8 Å². The lowest BCUT2D eigenvalue weighted by molar-refractivity contribution is -0.144. The normalized spacial score (nSPS) is 23.6. The highest BCUT2D eigenvalue weighted by molar-refractivity contribution is 6.29. The molecule has 0 radical (unpaired) electrons. The third-order valence-corrected chi connectivity index (χ3v) is 3.23. The molecule has 1 heterocycles. The highest BCUT2D eigenvalue weighted by Gasteiger charge is 2.35. The summed E-state index contributed by atoms with van der Waals surface area (Å²) in [6.07, 6.45) is -2.71. The van der Waals surface area contributed by atoms with Gasteiger partial charge in [-0.3, -0.25) is 0 Å². The average molecular weight is 296 g/mol. The molecule has 19 heavy (non-hydrogen) atoms. The molecule has 1 aliphatic rings. The number of nitrogens with zero attached hydrogens (tertiary/aromatic N) is 2. The van der Waals surface area contributed by atoms with Crippen LogP contribution >= 0.6 is 11.6 Å². The first-order valence-electron chi connectivity index (χ1n) is 5.88. The topological polar surface area (TPSA) is 58.0 Å². The number of halogens is 4. The Morgan fingerprint density at radius 3 is 2.68 bits per heavy atom. The molecule has 106 valence electrons. The van der Waals surface area contributed by atoms with Crippen LogP contribution in [0.1, 0.15) is 25.1 Å². The molecule has 4 nitrogen and oxygen atoms in total. The Bertz CT molecular complexity index is 455. The summed E-state index contributed by atoms with van der Waals surface area (Å²) in [6.45, 7) is 0.460. The third kappa shape index (κ3) is 3.94. The molecule has 0 aromatic carbocycles. The van der Waals surface area contributed by atoms with Crippen LogP contribution in [0.4, 0.5) is 19.0 Å². The number of anilines is 1. The molecule has 2 atom stereocenters. The summed E-state index contributed by atoms with van der Waals surface area (Å²) in [5.74, 6) is -0.972. The van der Waals surface area contributed by atoms with Crippen molar-refractivity contribution in [1.82, 2.24) is 9.97 Å². The number of nitrogens with one attached hydrogen (secondary N) is 1. The van der Waals surface area contributed by atoms with Crippen molar-refractivity contribution in [3.05, 3.63) is 17.0 Å². The van der Waals surface area contributed by atoms with Gasteiger partial charge in [-0.05, 0) is 25.2 Å². The van der Waals surface area contributed by atoms with Gasteiger partial charge < -0.3 is 10.4 Å². The maximum absolute atomic E-state index is 12.5. The molecule has 8 heteroatoms. The number of alkyl halides is 3. The van der Waals surface area contributed by atoms with Crippen molar-refractivity contribution in [2.45, 2.75) is 31.5 Å². The van der Waals surface area contributed by atoms with E-state index in [4.69, 9.17) is 11.6 Å². The Hall–Kier alpha value is -1.08. The van der Waals surface area contributed by atoms with Gasteiger partial charge in [-0.15, -0.1) is 0 Å². The quantitative estimate of drug-likeness (QED) is 0.842. The fourth-order valence-corrected chi connectivity index (χ4v) is 2.30. The van der Waals surface area contributed by atoms with Crippen LogP contribution < -0.4 is 5.32 Å². The number of hydrogen-bond donors (Lipinski definition) is 2. The van der Waals surface area contributed by atoms with Gasteiger partial charge in [-0.25, -0.2) is 9.97 Å². The van der Waals surface area contributed by atoms with Gasteiger partial charge in [-0.1, -0.05) is 11.6 Å². The van der Waals surface area contributed by atoms with Crippen molar-refractivity contribution < 1.29 is 18.3 Å². The maximum Gasteiger partial charge on any atom is 0.451 e. The molecule has 1 saturated carbocycles. The molecule has 2 unspecified atom stereocenters. The number of hydrogen-bond acceptors (Lipinski definition) is 4. The van der Waals surface area contributed by atoms with Gasteiger partial charge in [0, 0.05) is 12.6 Å². The lowest BCUT2D eigenvalue weighted by Gasteiger charge is -2.13. The van der Waals surface area contributed by atoms with E-state index in [9.17, 15) is 18.3 Å². The fraction of sp³-hybridized carbons (Fsp3) is 0.636. The van der Waals surface area contributed by atoms with E-state index in [1.807, 2.05) is 0 Å². The van der Waals surface area contributed by atoms with Gasteiger partial charge in [0.15, 0.2) is 0 Å². The van der Waals surface area contributed by atoms with Crippen molar-refractivity contribution in [3.8, 4) is 0 Å². The number of rotatable bonds is 3. The van der Waals surface area contributed by atoms with Crippen LogP contribution in [0.25, 0.3) is 0 Å². The summed E-state index contributed by atoms with van der Waals surface area (Å²) in [5.41, 5.74) is 0. The van der Waals surface area contributed by atoms with Crippen LogP contribution in [0, 0.1) is 5.92 Å². The Kier molecular flexibility index (Phi) is 4.15. The second-order valence-electron chi connectivity index (χ2n) is 4.61. The highest BCUT2D eigenvalue weighted by atomic mass is 35.5. The van der Waals surface area contributed by atoms with Gasteiger partial charge in [0.25, 0.3) is 0 Å². The minimum absolute atomic E-state index is 0.0497. The fourth-order valence-electron chi connectivity index (χ4n) is 2.12. The molecule has 0 bridgehead atoms. The second-order valence-corrected chi connectivity index (χ2v) is 5.00. The smallest absolute Gasteiger partial charge is 0.393 e. The molecule has 0 spiro atoms. The molecule has 0 aliphatic heterocycles. The Balaban J connectivity index is 2.02. The molecule has 1 aliphatic carbocycles. The Morgan fingerprint density at radius 2 is 2.11 bits per heavy atom. The van der Waals surface area contributed by atoms with E-state index in [1.165, 1.54) is 6.07 Å². The molecule has 1 aromatic rings. The summed E-state index contributed by atoms with van der Waals surface area (Å²) >= 11 is 5.54. The maximum atomic E-state index is 12.5. The largest absolute Gasteiger partial charge is 0.451 e. The van der Waals surface area contributed by atoms with Crippen LogP contribution in [0.5, 0.6) is 0 Å². The van der Waals surface area contributed by atoms with E-state index in [-0.39, 0.29) is 23.0 Å². The summed E-state index contributed by atoms with van der Waals surface area (Å²) in [4.78, 5) is 6.54. The monoisotopic (exact) mass is 295 g/mol. The molecular weight excluding hydrogens is 283 g/mol. The molecule has 0 amide bonds. The zero-order chi connectivity index (χ0) is 14.0. The molecule has 2 N–H and O–H groups in total. The first-order chi connectivity index (χ1) is 8.84. The van der Waals surface area contributed by atoms with E-state index in [1.54, 1.807) is 0 Å². The molecule has 1 aromatic heterocycles. The minimum Gasteiger partial charge on any atom is -0.393 e. The van der Waals surface area contributed by atoms with Crippen molar-refractivity contribution in [2.75, 3.05) is 11.9 Å². The van der Waals surface area contributed by atoms with Crippen LogP contribution in [-0.2, 0) is 6.18 Å². The SMILES string of the molecule is OC1CCC(CNc2cc(Cl)nc(C(F)(F)F)n2)C1. The lowest BCUT2D eigenvalue weighted by Crippen LogP contribution is -2.16. The van der Waals surface area contributed by atoms with Gasteiger partial charge in [0.1, 0.15) is 11.0 Å². The van der Waals surface area contributed by atoms with Gasteiger partial charge in [-0.2, -0.15) is 13.2 Å². The summed E-state index contributed by atoms with van der Waals surface area (Å²) < 4.78 is 37.5. The van der Waals surface area contributed by atoms with Crippen LogP contribution in [0.3, 0.4) is 0 Å². The average Bonchev–Trinajstić information content (AvgIpc) is 2.71. The van der Waals surface area contributed by atoms with Crippen LogP contribution in [0.15, 0.2) is 6.07 Å². The Labute approximate surface area is 113 Å². The van der Waals surface area contributed by atoms with E-state index in [2.05, 4.69) is 15.3 Å². The molecule has 0 saturated heterocycles. The van der Waals surface area contributed by atoms with E-state index < -0.39 is 12.0 Å². The van der Waals surface area contributed by atoms with Crippen molar-refractivity contribution in [1.29, 1.82) is 0 Å². The second kappa shape index (κ2) is 5.50. The van der Waals surface area contributed by atoms with Crippen molar-refractivity contribution in [2.24, 2.45) is 5.92 Å². The first-order valence-corrected chi connectivity index (χ1v) is 6.26. The third-order valence-electron chi connectivity index (χ3n) is 3.03. The predicted octanol–water partition coefficient (Wildman–Crippen LogP) is 2.72. The predicted molar refractivity (Wildman–Crippen MR) is 63.9 cm³/mol. The van der Waals surface area contributed by atoms with Gasteiger partial charge in [0.2, 0.25) is 5.82 Å². The highest BCUT2D eigenvalue weighted by Crippen LogP contribution is 2.29. The van der Waals surface area contributed by atoms with E-state index in [0.29, 0.717) is 13.0 Å². The molecule has 1 fully saturated rings. The molecular formula is C11H13ClF3N3O. The summed E-state index contributed by atoms with van der Waals surface area (Å²) in [6, 6.07) is 1.25.